The smallest absolute Gasteiger partial charge is 0.263 e. The minimum Gasteiger partial charge on any atom is -0.480 e. The molecule has 1 aromatic rings. The Hall–Kier alpha value is -1.62. The van der Waals surface area contributed by atoms with Crippen molar-refractivity contribution in [2.45, 2.75) is 25.5 Å². The molecule has 0 bridgehead atoms. The normalized spacial score (nSPS) is 20.7. The van der Waals surface area contributed by atoms with Crippen LogP contribution in [0.1, 0.15) is 24.9 Å². The summed E-state index contributed by atoms with van der Waals surface area (Å²) in [5.41, 5.74) is 0.853. The zero-order valence-electron chi connectivity index (χ0n) is 11.4. The van der Waals surface area contributed by atoms with E-state index in [2.05, 4.69) is 5.32 Å². The summed E-state index contributed by atoms with van der Waals surface area (Å²) in [6, 6.07) is 4.47. The summed E-state index contributed by atoms with van der Waals surface area (Å²) in [6.45, 7) is 2.64. The minimum atomic E-state index is -0.505. The molecular weight excluding hydrogens is 247 g/mol. The van der Waals surface area contributed by atoms with E-state index < -0.39 is 6.10 Å². The summed E-state index contributed by atoms with van der Waals surface area (Å²) in [6.07, 6.45) is 0.133. The zero-order chi connectivity index (χ0) is 14.0. The highest BCUT2D eigenvalue weighted by Crippen LogP contribution is 2.28. The minimum absolute atomic E-state index is 0.0323. The highest BCUT2D eigenvalue weighted by Gasteiger charge is 2.31. The van der Waals surface area contributed by atoms with Crippen molar-refractivity contribution < 1.29 is 13.9 Å². The molecule has 2 unspecified atom stereocenters. The lowest BCUT2D eigenvalue weighted by atomic mass is 10.1. The van der Waals surface area contributed by atoms with Gasteiger partial charge >= 0.3 is 0 Å². The number of hydrogen-bond donors (Lipinski definition) is 1. The van der Waals surface area contributed by atoms with E-state index in [1.165, 1.54) is 12.1 Å². The third-order valence-electron chi connectivity index (χ3n) is 3.52. The van der Waals surface area contributed by atoms with Crippen LogP contribution < -0.4 is 10.1 Å². The topological polar surface area (TPSA) is 41.6 Å². The third kappa shape index (κ3) is 2.87. The van der Waals surface area contributed by atoms with E-state index in [1.54, 1.807) is 18.0 Å². The molecule has 4 nitrogen and oxygen atoms in total. The predicted molar refractivity (Wildman–Crippen MR) is 70.5 cm³/mol. The van der Waals surface area contributed by atoms with E-state index in [0.29, 0.717) is 18.7 Å². The molecule has 0 spiro atoms. The Bertz CT molecular complexity index is 479. The van der Waals surface area contributed by atoms with Crippen LogP contribution in [0.4, 0.5) is 4.39 Å². The average Bonchev–Trinajstić information content (AvgIpc) is 2.70. The van der Waals surface area contributed by atoms with Crippen LogP contribution in [0.5, 0.6) is 5.75 Å². The number of ether oxygens (including phenoxy) is 1. The van der Waals surface area contributed by atoms with Gasteiger partial charge in [-0.05, 0) is 20.0 Å². The van der Waals surface area contributed by atoms with Gasteiger partial charge in [-0.1, -0.05) is 6.07 Å². The van der Waals surface area contributed by atoms with Gasteiger partial charge in [-0.15, -0.1) is 0 Å². The van der Waals surface area contributed by atoms with Crippen molar-refractivity contribution in [3.63, 3.8) is 0 Å². The fraction of sp³-hybridized carbons (Fsp3) is 0.500. The number of nitrogens with one attached hydrogen (secondary N) is 1. The summed E-state index contributed by atoms with van der Waals surface area (Å²) in [5, 5.41) is 3.09. The summed E-state index contributed by atoms with van der Waals surface area (Å²) >= 11 is 0. The number of likely N-dealkylation sites (tertiary alicyclic amines) is 1. The van der Waals surface area contributed by atoms with Crippen LogP contribution in [0, 0.1) is 5.82 Å². The van der Waals surface area contributed by atoms with Gasteiger partial charge < -0.3 is 15.0 Å². The van der Waals surface area contributed by atoms with Gasteiger partial charge in [0.05, 0.1) is 0 Å². The van der Waals surface area contributed by atoms with Crippen LogP contribution in [0.15, 0.2) is 18.2 Å². The van der Waals surface area contributed by atoms with Crippen molar-refractivity contribution in [2.75, 3.05) is 20.6 Å². The standard InChI is InChI=1S/C14H19FN2O2/c1-9(16-2)11-5-4-10(15)8-13(11)19-12-6-7-17(3)14(12)18/h4-5,8-9,12,16H,6-7H2,1-3H3. The molecule has 1 amide bonds. The van der Waals surface area contributed by atoms with E-state index in [1.807, 2.05) is 14.0 Å². The van der Waals surface area contributed by atoms with Gasteiger partial charge in [-0.2, -0.15) is 0 Å². The molecule has 1 N–H and O–H groups in total. The number of amides is 1. The van der Waals surface area contributed by atoms with Crippen LogP contribution in [-0.2, 0) is 4.79 Å². The van der Waals surface area contributed by atoms with Gasteiger partial charge in [0.15, 0.2) is 6.10 Å². The number of likely N-dealkylation sites (N-methyl/N-ethyl adjacent to an activating group) is 1. The monoisotopic (exact) mass is 266 g/mol. The predicted octanol–water partition coefficient (Wildman–Crippen LogP) is 1.72. The van der Waals surface area contributed by atoms with Crippen LogP contribution in [0.3, 0.4) is 0 Å². The maximum Gasteiger partial charge on any atom is 0.263 e. The number of nitrogens with zero attached hydrogens (tertiary/aromatic N) is 1. The van der Waals surface area contributed by atoms with Crippen molar-refractivity contribution in [3.05, 3.63) is 29.6 Å². The van der Waals surface area contributed by atoms with Crippen molar-refractivity contribution in [1.29, 1.82) is 0 Å². The summed E-state index contributed by atoms with van der Waals surface area (Å²) in [7, 11) is 3.57. The molecule has 1 heterocycles. The Morgan fingerprint density at radius 3 is 2.84 bits per heavy atom. The van der Waals surface area contributed by atoms with Gasteiger partial charge in [-0.3, -0.25) is 4.79 Å². The lowest BCUT2D eigenvalue weighted by molar-refractivity contribution is -0.132. The van der Waals surface area contributed by atoms with E-state index in [0.717, 1.165) is 5.56 Å². The summed E-state index contributed by atoms with van der Waals surface area (Å²) < 4.78 is 19.1. The lowest BCUT2D eigenvalue weighted by Crippen LogP contribution is -2.30. The first-order chi connectivity index (χ1) is 9.02. The zero-order valence-corrected chi connectivity index (χ0v) is 11.4. The van der Waals surface area contributed by atoms with E-state index in [4.69, 9.17) is 4.74 Å². The van der Waals surface area contributed by atoms with E-state index in [9.17, 15) is 9.18 Å². The lowest BCUT2D eigenvalue weighted by Gasteiger charge is -2.19. The molecule has 19 heavy (non-hydrogen) atoms. The number of carbonyl (C=O) groups is 1. The average molecular weight is 266 g/mol. The Balaban J connectivity index is 2.23. The second kappa shape index (κ2) is 5.57. The van der Waals surface area contributed by atoms with E-state index >= 15 is 0 Å². The Kier molecular flexibility index (Phi) is 4.04. The van der Waals surface area contributed by atoms with Crippen molar-refractivity contribution in [2.24, 2.45) is 0 Å². The van der Waals surface area contributed by atoms with Gasteiger partial charge in [0, 0.05) is 37.7 Å². The maximum absolute atomic E-state index is 13.4. The number of hydrogen-bond acceptors (Lipinski definition) is 3. The molecule has 0 aromatic heterocycles. The van der Waals surface area contributed by atoms with Crippen LogP contribution in [-0.4, -0.2) is 37.6 Å². The molecule has 5 heteroatoms. The van der Waals surface area contributed by atoms with Gasteiger partial charge in [0.1, 0.15) is 11.6 Å². The van der Waals surface area contributed by atoms with Gasteiger partial charge in [0.25, 0.3) is 5.91 Å². The quantitative estimate of drug-likeness (QED) is 0.902. The number of rotatable bonds is 4. The van der Waals surface area contributed by atoms with Crippen molar-refractivity contribution in [3.8, 4) is 5.75 Å². The van der Waals surface area contributed by atoms with Crippen LogP contribution >= 0.6 is 0 Å². The SMILES string of the molecule is CNC(C)c1ccc(F)cc1OC1CCN(C)C1=O. The van der Waals surface area contributed by atoms with E-state index in [-0.39, 0.29) is 17.8 Å². The molecule has 2 rings (SSSR count). The van der Waals surface area contributed by atoms with Crippen LogP contribution in [0.25, 0.3) is 0 Å². The molecule has 104 valence electrons. The molecule has 0 radical (unpaired) electrons. The molecule has 0 aliphatic carbocycles. The molecule has 1 aromatic carbocycles. The number of carbonyl (C=O) groups excluding carboxylic acids is 1. The summed E-state index contributed by atoms with van der Waals surface area (Å²) in [5.74, 6) is 0.0312. The molecule has 2 atom stereocenters. The van der Waals surface area contributed by atoms with Crippen molar-refractivity contribution in [1.82, 2.24) is 10.2 Å². The number of benzene rings is 1. The first-order valence-electron chi connectivity index (χ1n) is 6.41. The molecule has 1 saturated heterocycles. The highest BCUT2D eigenvalue weighted by molar-refractivity contribution is 5.83. The largest absolute Gasteiger partial charge is 0.480 e. The second-order valence-corrected chi connectivity index (χ2v) is 4.85. The first-order valence-corrected chi connectivity index (χ1v) is 6.41. The Morgan fingerprint density at radius 2 is 2.26 bits per heavy atom. The third-order valence-corrected chi connectivity index (χ3v) is 3.52. The fourth-order valence-corrected chi connectivity index (χ4v) is 2.18. The Morgan fingerprint density at radius 1 is 1.53 bits per heavy atom. The maximum atomic E-state index is 13.4. The fourth-order valence-electron chi connectivity index (χ4n) is 2.18. The Labute approximate surface area is 112 Å². The molecule has 0 saturated carbocycles. The van der Waals surface area contributed by atoms with Crippen molar-refractivity contribution >= 4 is 5.91 Å². The molecule has 1 aliphatic rings. The molecule has 1 fully saturated rings. The summed E-state index contributed by atoms with van der Waals surface area (Å²) in [4.78, 5) is 13.5. The van der Waals surface area contributed by atoms with Crippen LogP contribution in [0.2, 0.25) is 0 Å². The highest BCUT2D eigenvalue weighted by atomic mass is 19.1. The molecule has 1 aliphatic heterocycles. The molecular formula is C14H19FN2O2. The number of halogens is 1. The van der Waals surface area contributed by atoms with Gasteiger partial charge in [0.2, 0.25) is 0 Å². The second-order valence-electron chi connectivity index (χ2n) is 4.85. The van der Waals surface area contributed by atoms with Gasteiger partial charge in [-0.25, -0.2) is 4.39 Å². The first kappa shape index (κ1) is 13.8.